The molecule has 146 valence electrons. The van der Waals surface area contributed by atoms with Crippen molar-refractivity contribution in [3.05, 3.63) is 35.9 Å². The van der Waals surface area contributed by atoms with Gasteiger partial charge >= 0.3 is 0 Å². The number of ether oxygens (including phenoxy) is 1. The number of nitrogens with one attached hydrogen (secondary N) is 1. The van der Waals surface area contributed by atoms with Crippen LogP contribution < -0.4 is 5.32 Å². The first-order valence-electron chi connectivity index (χ1n) is 9.47. The summed E-state index contributed by atoms with van der Waals surface area (Å²) in [6.45, 7) is 3.91. The van der Waals surface area contributed by atoms with Crippen molar-refractivity contribution in [1.29, 1.82) is 0 Å². The van der Waals surface area contributed by atoms with Gasteiger partial charge in [0.1, 0.15) is 0 Å². The fourth-order valence-electron chi connectivity index (χ4n) is 4.08. The largest absolute Gasteiger partial charge is 0.396 e. The number of hydrogen-bond donors (Lipinski definition) is 2. The summed E-state index contributed by atoms with van der Waals surface area (Å²) in [5.74, 6) is 0.210. The van der Waals surface area contributed by atoms with Crippen molar-refractivity contribution in [3.63, 3.8) is 0 Å². The zero-order valence-corrected chi connectivity index (χ0v) is 16.2. The van der Waals surface area contributed by atoms with Crippen LogP contribution in [0.15, 0.2) is 30.3 Å². The lowest BCUT2D eigenvalue weighted by atomic mass is 9.70. The molecule has 0 aliphatic carbocycles. The van der Waals surface area contributed by atoms with Gasteiger partial charge in [-0.3, -0.25) is 4.79 Å². The SMILES string of the molecule is Cl.O=C(CCCOCc1ccccc1)N1CC[C@@]2(CO)CCCN[C@@H]2C1. The van der Waals surface area contributed by atoms with E-state index < -0.39 is 0 Å². The van der Waals surface area contributed by atoms with Gasteiger partial charge in [-0.2, -0.15) is 0 Å². The Labute approximate surface area is 162 Å². The number of aliphatic hydroxyl groups excluding tert-OH is 1. The summed E-state index contributed by atoms with van der Waals surface area (Å²) < 4.78 is 5.66. The van der Waals surface area contributed by atoms with E-state index in [4.69, 9.17) is 4.74 Å². The van der Waals surface area contributed by atoms with E-state index >= 15 is 0 Å². The van der Waals surface area contributed by atoms with Crippen molar-refractivity contribution >= 4 is 18.3 Å². The van der Waals surface area contributed by atoms with Crippen LogP contribution in [0.3, 0.4) is 0 Å². The van der Waals surface area contributed by atoms with Crippen molar-refractivity contribution in [2.75, 3.05) is 32.8 Å². The van der Waals surface area contributed by atoms with Crippen molar-refractivity contribution < 1.29 is 14.6 Å². The van der Waals surface area contributed by atoms with E-state index in [0.29, 0.717) is 19.6 Å². The Morgan fingerprint density at radius 2 is 2.12 bits per heavy atom. The molecule has 1 amide bonds. The van der Waals surface area contributed by atoms with Crippen LogP contribution in [0, 0.1) is 5.41 Å². The Hall–Kier alpha value is -1.14. The zero-order valence-electron chi connectivity index (χ0n) is 15.4. The lowest BCUT2D eigenvalue weighted by Crippen LogP contribution is -2.62. The highest BCUT2D eigenvalue weighted by atomic mass is 35.5. The molecule has 2 saturated heterocycles. The van der Waals surface area contributed by atoms with E-state index in [1.165, 1.54) is 0 Å². The summed E-state index contributed by atoms with van der Waals surface area (Å²) in [5, 5.41) is 13.3. The number of benzene rings is 1. The minimum atomic E-state index is -0.0200. The zero-order chi connectivity index (χ0) is 17.5. The molecule has 5 nitrogen and oxygen atoms in total. The Morgan fingerprint density at radius 1 is 1.31 bits per heavy atom. The first kappa shape index (κ1) is 21.2. The molecular formula is C20H31ClN2O3. The molecule has 0 aromatic heterocycles. The van der Waals surface area contributed by atoms with Gasteiger partial charge in [0.15, 0.2) is 0 Å². The second-order valence-electron chi connectivity index (χ2n) is 7.36. The summed E-state index contributed by atoms with van der Waals surface area (Å²) in [7, 11) is 0. The molecule has 26 heavy (non-hydrogen) atoms. The van der Waals surface area contributed by atoms with E-state index in [1.54, 1.807) is 0 Å². The number of amides is 1. The third-order valence-corrected chi connectivity index (χ3v) is 5.72. The third kappa shape index (κ3) is 5.19. The van der Waals surface area contributed by atoms with E-state index in [-0.39, 0.29) is 36.4 Å². The monoisotopic (exact) mass is 382 g/mol. The van der Waals surface area contributed by atoms with Crippen LogP contribution in [0.1, 0.15) is 37.7 Å². The van der Waals surface area contributed by atoms with Gasteiger partial charge in [-0.05, 0) is 37.8 Å². The summed E-state index contributed by atoms with van der Waals surface area (Å²) in [6, 6.07) is 10.3. The fraction of sp³-hybridized carbons (Fsp3) is 0.650. The van der Waals surface area contributed by atoms with Gasteiger partial charge in [-0.15, -0.1) is 12.4 Å². The number of nitrogens with zero attached hydrogens (tertiary/aromatic N) is 1. The smallest absolute Gasteiger partial charge is 0.222 e. The standard InChI is InChI=1S/C20H30N2O3.ClH/c23-16-20-9-5-11-21-18(20)14-22(12-10-20)19(24)8-4-13-25-15-17-6-2-1-3-7-17;/h1-3,6-7,18,21,23H,4-5,8-16H2;1H/t18-,20-;/m1./s1. The Morgan fingerprint density at radius 3 is 2.88 bits per heavy atom. The maximum atomic E-state index is 12.5. The Balaban J connectivity index is 0.00000243. The predicted molar refractivity (Wildman–Crippen MR) is 104 cm³/mol. The number of fused-ring (bicyclic) bond motifs is 1. The third-order valence-electron chi connectivity index (χ3n) is 5.72. The van der Waals surface area contributed by atoms with Crippen molar-refractivity contribution in [1.82, 2.24) is 10.2 Å². The fourth-order valence-corrected chi connectivity index (χ4v) is 4.08. The molecule has 0 bridgehead atoms. The highest BCUT2D eigenvalue weighted by molar-refractivity contribution is 5.85. The minimum absolute atomic E-state index is 0. The van der Waals surface area contributed by atoms with E-state index in [0.717, 1.165) is 50.9 Å². The van der Waals surface area contributed by atoms with Gasteiger partial charge in [-0.25, -0.2) is 0 Å². The van der Waals surface area contributed by atoms with Crippen LogP contribution >= 0.6 is 12.4 Å². The number of aliphatic hydroxyl groups is 1. The number of rotatable bonds is 7. The van der Waals surface area contributed by atoms with Gasteiger partial charge in [-0.1, -0.05) is 30.3 Å². The van der Waals surface area contributed by atoms with Gasteiger partial charge < -0.3 is 20.1 Å². The number of likely N-dealkylation sites (tertiary alicyclic amines) is 1. The van der Waals surface area contributed by atoms with Crippen LogP contribution in [-0.4, -0.2) is 54.8 Å². The molecule has 2 atom stereocenters. The highest BCUT2D eigenvalue weighted by Gasteiger charge is 2.44. The summed E-state index contributed by atoms with van der Waals surface area (Å²) in [5.41, 5.74) is 1.14. The van der Waals surface area contributed by atoms with Gasteiger partial charge in [0.25, 0.3) is 0 Å². The molecule has 2 aliphatic rings. The molecule has 2 aliphatic heterocycles. The number of carbonyl (C=O) groups excluding carboxylic acids is 1. The van der Waals surface area contributed by atoms with Crippen LogP contribution in [0.25, 0.3) is 0 Å². The number of halogens is 1. The first-order valence-corrected chi connectivity index (χ1v) is 9.47. The average molecular weight is 383 g/mol. The molecule has 2 N–H and O–H groups in total. The Bertz CT molecular complexity index is 557. The average Bonchev–Trinajstić information content (AvgIpc) is 2.67. The lowest BCUT2D eigenvalue weighted by Gasteiger charge is -2.50. The molecule has 3 rings (SSSR count). The number of carbonyl (C=O) groups is 1. The van der Waals surface area contributed by atoms with Crippen molar-refractivity contribution in [2.45, 2.75) is 44.8 Å². The summed E-state index contributed by atoms with van der Waals surface area (Å²) >= 11 is 0. The molecule has 1 aromatic rings. The molecule has 2 fully saturated rings. The molecule has 0 unspecified atom stereocenters. The van der Waals surface area contributed by atoms with E-state index in [2.05, 4.69) is 5.32 Å². The van der Waals surface area contributed by atoms with Gasteiger partial charge in [0.2, 0.25) is 5.91 Å². The maximum absolute atomic E-state index is 12.5. The van der Waals surface area contributed by atoms with Gasteiger partial charge in [0.05, 0.1) is 13.2 Å². The van der Waals surface area contributed by atoms with Gasteiger partial charge in [0, 0.05) is 37.6 Å². The number of piperidine rings is 2. The molecule has 0 spiro atoms. The highest BCUT2D eigenvalue weighted by Crippen LogP contribution is 2.38. The topological polar surface area (TPSA) is 61.8 Å². The van der Waals surface area contributed by atoms with Crippen LogP contribution in [0.4, 0.5) is 0 Å². The second-order valence-corrected chi connectivity index (χ2v) is 7.36. The summed E-state index contributed by atoms with van der Waals surface area (Å²) in [4.78, 5) is 14.4. The predicted octanol–water partition coefficient (Wildman–Crippen LogP) is 2.37. The van der Waals surface area contributed by atoms with E-state index in [9.17, 15) is 9.90 Å². The van der Waals surface area contributed by atoms with Crippen LogP contribution in [0.2, 0.25) is 0 Å². The first-order chi connectivity index (χ1) is 12.2. The minimum Gasteiger partial charge on any atom is -0.396 e. The summed E-state index contributed by atoms with van der Waals surface area (Å²) in [6.07, 6.45) is 4.37. The van der Waals surface area contributed by atoms with Crippen LogP contribution in [0.5, 0.6) is 0 Å². The van der Waals surface area contributed by atoms with Crippen LogP contribution in [-0.2, 0) is 16.1 Å². The normalized spacial score (nSPS) is 25.3. The Kier molecular flexibility index (Phi) is 8.35. The molecule has 0 saturated carbocycles. The maximum Gasteiger partial charge on any atom is 0.222 e. The molecule has 6 heteroatoms. The van der Waals surface area contributed by atoms with E-state index in [1.807, 2.05) is 35.2 Å². The number of hydrogen-bond acceptors (Lipinski definition) is 4. The molecule has 0 radical (unpaired) electrons. The van der Waals surface area contributed by atoms with Crippen molar-refractivity contribution in [2.24, 2.45) is 5.41 Å². The van der Waals surface area contributed by atoms with Crippen molar-refractivity contribution in [3.8, 4) is 0 Å². The lowest BCUT2D eigenvalue weighted by molar-refractivity contribution is -0.136. The quantitative estimate of drug-likeness (QED) is 0.711. The molecule has 2 heterocycles. The molecule has 1 aromatic carbocycles. The molecular weight excluding hydrogens is 352 g/mol. The second kappa shape index (κ2) is 10.3.